The van der Waals surface area contributed by atoms with E-state index in [-0.39, 0.29) is 11.9 Å². The van der Waals surface area contributed by atoms with Crippen molar-refractivity contribution in [3.63, 3.8) is 0 Å². The first kappa shape index (κ1) is 15.7. The molecule has 2 aromatic rings. The molecule has 6 nitrogen and oxygen atoms in total. The van der Waals surface area contributed by atoms with Gasteiger partial charge in [-0.15, -0.1) is 5.10 Å². The summed E-state index contributed by atoms with van der Waals surface area (Å²) in [6.07, 6.45) is 6.07. The maximum Gasteiger partial charge on any atom is 0.273 e. The Kier molecular flexibility index (Phi) is 4.71. The Hall–Kier alpha value is -2.21. The normalized spacial score (nSPS) is 21.1. The Morgan fingerprint density at radius 2 is 2.22 bits per heavy atom. The fraction of sp³-hybridized carbons (Fsp3) is 0.471. The molecule has 1 aliphatic rings. The van der Waals surface area contributed by atoms with E-state index in [2.05, 4.69) is 15.6 Å². The maximum atomic E-state index is 12.4. The van der Waals surface area contributed by atoms with Crippen LogP contribution in [0.1, 0.15) is 41.7 Å². The number of nitrogens with two attached hydrogens (primary N) is 1. The highest BCUT2D eigenvalue weighted by Gasteiger charge is 2.26. The van der Waals surface area contributed by atoms with Crippen molar-refractivity contribution in [1.29, 1.82) is 0 Å². The molecule has 3 rings (SSSR count). The zero-order chi connectivity index (χ0) is 16.2. The van der Waals surface area contributed by atoms with Crippen LogP contribution in [0.2, 0.25) is 0 Å². The van der Waals surface area contributed by atoms with Crippen molar-refractivity contribution in [2.24, 2.45) is 11.7 Å². The first-order valence-electron chi connectivity index (χ1n) is 8.17. The minimum atomic E-state index is -0.172. The van der Waals surface area contributed by atoms with Crippen LogP contribution in [-0.2, 0) is 0 Å². The molecule has 1 amide bonds. The van der Waals surface area contributed by atoms with Gasteiger partial charge in [0.2, 0.25) is 0 Å². The minimum Gasteiger partial charge on any atom is -0.348 e. The molecule has 23 heavy (non-hydrogen) atoms. The Morgan fingerprint density at radius 1 is 1.39 bits per heavy atom. The molecule has 2 atom stereocenters. The fourth-order valence-electron chi connectivity index (χ4n) is 3.19. The molecule has 1 aromatic heterocycles. The first-order valence-corrected chi connectivity index (χ1v) is 8.17. The van der Waals surface area contributed by atoms with E-state index in [4.69, 9.17) is 5.73 Å². The lowest BCUT2D eigenvalue weighted by Crippen LogP contribution is -2.44. The number of nitrogens with zero attached hydrogens (tertiary/aromatic N) is 3. The van der Waals surface area contributed by atoms with E-state index in [9.17, 15) is 4.79 Å². The van der Waals surface area contributed by atoms with Crippen LogP contribution in [-0.4, -0.2) is 33.5 Å². The molecule has 3 N–H and O–H groups in total. The highest BCUT2D eigenvalue weighted by molar-refractivity contribution is 5.92. The van der Waals surface area contributed by atoms with Crippen molar-refractivity contribution in [3.05, 3.63) is 41.7 Å². The molecule has 122 valence electrons. The van der Waals surface area contributed by atoms with Crippen molar-refractivity contribution < 1.29 is 4.79 Å². The summed E-state index contributed by atoms with van der Waals surface area (Å²) < 4.78 is 1.63. The van der Waals surface area contributed by atoms with Crippen LogP contribution in [0.4, 0.5) is 0 Å². The Morgan fingerprint density at radius 3 is 3.00 bits per heavy atom. The maximum absolute atomic E-state index is 12.4. The van der Waals surface area contributed by atoms with E-state index < -0.39 is 0 Å². The molecule has 6 heteroatoms. The zero-order valence-corrected chi connectivity index (χ0v) is 13.4. The second-order valence-corrected chi connectivity index (χ2v) is 6.25. The predicted octanol–water partition coefficient (Wildman–Crippen LogP) is 1.82. The summed E-state index contributed by atoms with van der Waals surface area (Å²) in [4.78, 5) is 12.4. The van der Waals surface area contributed by atoms with Crippen LogP contribution in [0.5, 0.6) is 0 Å². The predicted molar refractivity (Wildman–Crippen MR) is 88.4 cm³/mol. The number of hydrogen-bond donors (Lipinski definition) is 2. The number of aryl methyl sites for hydroxylation is 1. The molecule has 1 aromatic carbocycles. The van der Waals surface area contributed by atoms with Crippen molar-refractivity contribution in [1.82, 2.24) is 20.3 Å². The van der Waals surface area contributed by atoms with Gasteiger partial charge in [-0.2, -0.15) is 0 Å². The minimum absolute atomic E-state index is 0.144. The van der Waals surface area contributed by atoms with E-state index in [1.165, 1.54) is 6.42 Å². The Balaban J connectivity index is 1.71. The van der Waals surface area contributed by atoms with E-state index in [0.29, 0.717) is 18.2 Å². The molecule has 0 spiro atoms. The summed E-state index contributed by atoms with van der Waals surface area (Å²) in [6, 6.07) is 8.06. The largest absolute Gasteiger partial charge is 0.348 e. The highest BCUT2D eigenvalue weighted by atomic mass is 16.2. The Bertz CT molecular complexity index is 681. The number of carbonyl (C=O) groups is 1. The van der Waals surface area contributed by atoms with E-state index >= 15 is 0 Å². The smallest absolute Gasteiger partial charge is 0.273 e. The van der Waals surface area contributed by atoms with Crippen molar-refractivity contribution in [3.8, 4) is 5.69 Å². The number of aromatic nitrogens is 3. The molecule has 1 fully saturated rings. The van der Waals surface area contributed by atoms with Gasteiger partial charge in [-0.1, -0.05) is 30.2 Å². The number of nitrogens with one attached hydrogen (secondary N) is 1. The summed E-state index contributed by atoms with van der Waals surface area (Å²) in [5.74, 6) is 0.189. The van der Waals surface area contributed by atoms with Crippen molar-refractivity contribution >= 4 is 5.91 Å². The molecule has 0 radical (unpaired) electrons. The quantitative estimate of drug-likeness (QED) is 0.901. The van der Waals surface area contributed by atoms with E-state index in [0.717, 1.165) is 30.5 Å². The molecule has 2 unspecified atom stereocenters. The third-order valence-electron chi connectivity index (χ3n) is 4.52. The lowest BCUT2D eigenvalue weighted by Gasteiger charge is -2.30. The van der Waals surface area contributed by atoms with Crippen LogP contribution in [0, 0.1) is 12.8 Å². The molecule has 1 saturated carbocycles. The highest BCUT2D eigenvalue weighted by Crippen LogP contribution is 2.23. The summed E-state index contributed by atoms with van der Waals surface area (Å²) in [5, 5.41) is 11.1. The van der Waals surface area contributed by atoms with Gasteiger partial charge in [0.25, 0.3) is 5.91 Å². The van der Waals surface area contributed by atoms with Crippen molar-refractivity contribution in [2.45, 2.75) is 38.6 Å². The molecular formula is C17H23N5O. The van der Waals surface area contributed by atoms with Gasteiger partial charge in [0.1, 0.15) is 0 Å². The summed E-state index contributed by atoms with van der Waals surface area (Å²) in [6.45, 7) is 2.63. The number of amides is 1. The third kappa shape index (κ3) is 3.59. The standard InChI is InChI=1S/C17H23N5O/c1-12-5-4-7-14(9-12)22-11-16(20-21-22)17(23)19-15-8-3-2-6-13(15)10-18/h4-5,7,9,11,13,15H,2-3,6,8,10,18H2,1H3,(H,19,23). The number of rotatable bonds is 4. The van der Waals surface area contributed by atoms with Gasteiger partial charge >= 0.3 is 0 Å². The molecule has 1 heterocycles. The van der Waals surface area contributed by atoms with Crippen LogP contribution < -0.4 is 11.1 Å². The van der Waals surface area contributed by atoms with Crippen LogP contribution in [0.3, 0.4) is 0 Å². The second-order valence-electron chi connectivity index (χ2n) is 6.25. The SMILES string of the molecule is Cc1cccc(-n2cc(C(=O)NC3CCCCC3CN)nn2)c1. The summed E-state index contributed by atoms with van der Waals surface area (Å²) >= 11 is 0. The van der Waals surface area contributed by atoms with Crippen LogP contribution >= 0.6 is 0 Å². The summed E-state index contributed by atoms with van der Waals surface area (Å²) in [5.41, 5.74) is 8.19. The van der Waals surface area contributed by atoms with Gasteiger partial charge in [0, 0.05) is 6.04 Å². The lowest BCUT2D eigenvalue weighted by atomic mass is 9.84. The number of benzene rings is 1. The van der Waals surface area contributed by atoms with Gasteiger partial charge in [-0.3, -0.25) is 4.79 Å². The topological polar surface area (TPSA) is 85.8 Å². The monoisotopic (exact) mass is 313 g/mol. The van der Waals surface area contributed by atoms with Gasteiger partial charge in [0.05, 0.1) is 11.9 Å². The van der Waals surface area contributed by atoms with Crippen LogP contribution in [0.25, 0.3) is 5.69 Å². The van der Waals surface area contributed by atoms with E-state index in [1.807, 2.05) is 31.2 Å². The number of hydrogen-bond acceptors (Lipinski definition) is 4. The fourth-order valence-corrected chi connectivity index (χ4v) is 3.19. The van der Waals surface area contributed by atoms with E-state index in [1.54, 1.807) is 10.9 Å². The second kappa shape index (κ2) is 6.91. The molecular weight excluding hydrogens is 290 g/mol. The molecule has 1 aliphatic carbocycles. The number of carbonyl (C=O) groups excluding carboxylic acids is 1. The van der Waals surface area contributed by atoms with Gasteiger partial charge in [-0.25, -0.2) is 4.68 Å². The van der Waals surface area contributed by atoms with Gasteiger partial charge in [0.15, 0.2) is 5.69 Å². The van der Waals surface area contributed by atoms with Gasteiger partial charge < -0.3 is 11.1 Å². The van der Waals surface area contributed by atoms with Crippen molar-refractivity contribution in [2.75, 3.05) is 6.54 Å². The summed E-state index contributed by atoms with van der Waals surface area (Å²) in [7, 11) is 0. The molecule has 0 bridgehead atoms. The van der Waals surface area contributed by atoms with Crippen LogP contribution in [0.15, 0.2) is 30.5 Å². The molecule has 0 aliphatic heterocycles. The van der Waals surface area contributed by atoms with Gasteiger partial charge in [-0.05, 0) is 49.9 Å². The third-order valence-corrected chi connectivity index (χ3v) is 4.52. The average molecular weight is 313 g/mol. The Labute approximate surface area is 136 Å². The lowest BCUT2D eigenvalue weighted by molar-refractivity contribution is 0.0903. The zero-order valence-electron chi connectivity index (χ0n) is 13.4. The molecule has 0 saturated heterocycles. The average Bonchev–Trinajstić information content (AvgIpc) is 3.05. The first-order chi connectivity index (χ1) is 11.2.